The summed E-state index contributed by atoms with van der Waals surface area (Å²) in [5.41, 5.74) is 0.0549. The zero-order valence-electron chi connectivity index (χ0n) is 11.1. The van der Waals surface area contributed by atoms with Crippen LogP contribution in [-0.2, 0) is 19.9 Å². The van der Waals surface area contributed by atoms with Gasteiger partial charge in [-0.1, -0.05) is 6.07 Å². The zero-order valence-corrected chi connectivity index (χ0v) is 12.8. The molecule has 1 atom stereocenters. The molecule has 2 rings (SSSR count). The van der Waals surface area contributed by atoms with E-state index < -0.39 is 30.8 Å². The molecule has 1 aliphatic heterocycles. The number of hydrogen-bond acceptors (Lipinski definition) is 6. The first-order valence-electron chi connectivity index (χ1n) is 6.08. The summed E-state index contributed by atoms with van der Waals surface area (Å²) in [4.78, 5) is 9.94. The predicted molar refractivity (Wildman–Crippen MR) is 75.2 cm³/mol. The molecule has 1 aromatic rings. The molecule has 0 saturated carbocycles. The fraction of sp³-hybridized carbons (Fsp3) is 0.455. The van der Waals surface area contributed by atoms with Gasteiger partial charge in [0.25, 0.3) is 5.69 Å². The number of aryl methyl sites for hydroxylation is 1. The molecule has 10 heteroatoms. The number of hydrogen-bond donors (Lipinski definition) is 1. The van der Waals surface area contributed by atoms with E-state index in [2.05, 4.69) is 4.72 Å². The Morgan fingerprint density at radius 3 is 2.57 bits per heavy atom. The Morgan fingerprint density at radius 1 is 1.38 bits per heavy atom. The van der Waals surface area contributed by atoms with Gasteiger partial charge in [-0.2, -0.15) is 0 Å². The van der Waals surface area contributed by atoms with Crippen molar-refractivity contribution in [3.8, 4) is 0 Å². The molecule has 0 radical (unpaired) electrons. The average Bonchev–Trinajstić information content (AvgIpc) is 2.67. The number of nitrogens with zero attached hydrogens (tertiary/aromatic N) is 1. The lowest BCUT2D eigenvalue weighted by atomic mass is 10.2. The van der Waals surface area contributed by atoms with Gasteiger partial charge in [0.1, 0.15) is 0 Å². The Kier molecular flexibility index (Phi) is 4.04. The van der Waals surface area contributed by atoms with E-state index >= 15 is 0 Å². The number of nitro groups is 1. The molecule has 1 heterocycles. The first-order valence-corrected chi connectivity index (χ1v) is 9.39. The average molecular weight is 334 g/mol. The smallest absolute Gasteiger partial charge is 0.258 e. The summed E-state index contributed by atoms with van der Waals surface area (Å²) >= 11 is 0. The van der Waals surface area contributed by atoms with Crippen LogP contribution in [0.1, 0.15) is 12.0 Å². The van der Waals surface area contributed by atoms with Crippen LogP contribution in [0.15, 0.2) is 23.1 Å². The van der Waals surface area contributed by atoms with E-state index in [-0.39, 0.29) is 28.5 Å². The third kappa shape index (κ3) is 3.57. The molecule has 0 amide bonds. The lowest BCUT2D eigenvalue weighted by Gasteiger charge is -2.11. The first-order chi connectivity index (χ1) is 9.61. The highest BCUT2D eigenvalue weighted by molar-refractivity contribution is 7.92. The van der Waals surface area contributed by atoms with Crippen LogP contribution in [-0.4, -0.2) is 39.3 Å². The number of sulfone groups is 1. The molecular weight excluding hydrogens is 320 g/mol. The second kappa shape index (κ2) is 5.35. The number of nitrogens with one attached hydrogen (secondary N) is 1. The van der Waals surface area contributed by atoms with E-state index in [1.807, 2.05) is 0 Å². The lowest BCUT2D eigenvalue weighted by Crippen LogP contribution is -2.35. The van der Waals surface area contributed by atoms with Crippen molar-refractivity contribution in [3.05, 3.63) is 33.9 Å². The van der Waals surface area contributed by atoms with Gasteiger partial charge >= 0.3 is 0 Å². The molecule has 8 nitrogen and oxygen atoms in total. The van der Waals surface area contributed by atoms with E-state index in [0.29, 0.717) is 5.56 Å². The van der Waals surface area contributed by atoms with Crippen LogP contribution < -0.4 is 4.72 Å². The van der Waals surface area contributed by atoms with Crippen LogP contribution in [0.3, 0.4) is 0 Å². The quantitative estimate of drug-likeness (QED) is 0.626. The monoisotopic (exact) mass is 334 g/mol. The minimum absolute atomic E-state index is 0.0613. The van der Waals surface area contributed by atoms with Crippen molar-refractivity contribution in [2.75, 3.05) is 11.5 Å². The van der Waals surface area contributed by atoms with Gasteiger partial charge in [0, 0.05) is 17.7 Å². The molecule has 0 spiro atoms. The molecule has 1 saturated heterocycles. The molecule has 0 aromatic heterocycles. The van der Waals surface area contributed by atoms with Crippen molar-refractivity contribution in [1.82, 2.24) is 4.72 Å². The van der Waals surface area contributed by atoms with E-state index in [1.165, 1.54) is 19.1 Å². The van der Waals surface area contributed by atoms with E-state index in [1.54, 1.807) is 0 Å². The third-order valence-corrected chi connectivity index (χ3v) is 6.53. The van der Waals surface area contributed by atoms with Crippen LogP contribution in [0.25, 0.3) is 0 Å². The van der Waals surface area contributed by atoms with E-state index in [9.17, 15) is 26.9 Å². The molecule has 1 fully saturated rings. The van der Waals surface area contributed by atoms with Gasteiger partial charge in [0.05, 0.1) is 21.3 Å². The zero-order chi connectivity index (χ0) is 15.8. The molecule has 1 aliphatic rings. The van der Waals surface area contributed by atoms with Crippen molar-refractivity contribution in [1.29, 1.82) is 0 Å². The summed E-state index contributed by atoms with van der Waals surface area (Å²) in [7, 11) is -7.20. The summed E-state index contributed by atoms with van der Waals surface area (Å²) in [5, 5.41) is 10.8. The Bertz CT molecular complexity index is 785. The van der Waals surface area contributed by atoms with Crippen molar-refractivity contribution in [3.63, 3.8) is 0 Å². The molecule has 1 aromatic carbocycles. The number of sulfonamides is 1. The number of rotatable bonds is 4. The predicted octanol–water partition coefficient (Wildman–Crippen LogP) is 0.369. The Hall–Kier alpha value is -1.52. The maximum Gasteiger partial charge on any atom is 0.273 e. The first kappa shape index (κ1) is 15.9. The van der Waals surface area contributed by atoms with Crippen molar-refractivity contribution in [2.45, 2.75) is 24.3 Å². The summed E-state index contributed by atoms with van der Waals surface area (Å²) < 4.78 is 49.3. The van der Waals surface area contributed by atoms with E-state index in [0.717, 1.165) is 6.07 Å². The Labute approximate surface area is 122 Å². The highest BCUT2D eigenvalue weighted by Crippen LogP contribution is 2.23. The Balaban J connectivity index is 2.28. The minimum atomic E-state index is -3.99. The maximum absolute atomic E-state index is 12.2. The molecule has 116 valence electrons. The fourth-order valence-electron chi connectivity index (χ4n) is 2.13. The van der Waals surface area contributed by atoms with Gasteiger partial charge in [-0.15, -0.1) is 0 Å². The highest BCUT2D eigenvalue weighted by atomic mass is 32.2. The van der Waals surface area contributed by atoms with Crippen molar-refractivity contribution in [2.24, 2.45) is 0 Å². The lowest BCUT2D eigenvalue weighted by molar-refractivity contribution is -0.385. The van der Waals surface area contributed by atoms with Crippen molar-refractivity contribution < 1.29 is 21.8 Å². The van der Waals surface area contributed by atoms with Gasteiger partial charge in [-0.05, 0) is 19.4 Å². The SMILES string of the molecule is Cc1ccc(S(=O)(=O)N[C@H]2CCS(=O)(=O)C2)cc1[N+](=O)[O-]. The van der Waals surface area contributed by atoms with Crippen LogP contribution in [0, 0.1) is 17.0 Å². The second-order valence-corrected chi connectivity index (χ2v) is 8.87. The normalized spacial score (nSPS) is 21.3. The molecule has 0 unspecified atom stereocenters. The van der Waals surface area contributed by atoms with Gasteiger partial charge in [0.15, 0.2) is 9.84 Å². The molecule has 1 N–H and O–H groups in total. The molecule has 0 aliphatic carbocycles. The minimum Gasteiger partial charge on any atom is -0.258 e. The molecule has 0 bridgehead atoms. The second-order valence-electron chi connectivity index (χ2n) is 4.93. The maximum atomic E-state index is 12.2. The van der Waals surface area contributed by atoms with Gasteiger partial charge in [0.2, 0.25) is 10.0 Å². The highest BCUT2D eigenvalue weighted by Gasteiger charge is 2.32. The fourth-order valence-corrected chi connectivity index (χ4v) is 5.20. The summed E-state index contributed by atoms with van der Waals surface area (Å²) in [6.45, 7) is 1.51. The van der Waals surface area contributed by atoms with Crippen LogP contribution >= 0.6 is 0 Å². The van der Waals surface area contributed by atoms with Gasteiger partial charge < -0.3 is 0 Å². The third-order valence-electron chi connectivity index (χ3n) is 3.24. The van der Waals surface area contributed by atoms with Crippen LogP contribution in [0.4, 0.5) is 5.69 Å². The molecule has 21 heavy (non-hydrogen) atoms. The summed E-state index contributed by atoms with van der Waals surface area (Å²) in [5.74, 6) is -0.311. The topological polar surface area (TPSA) is 123 Å². The standard InChI is InChI=1S/C11H14N2O6S2/c1-8-2-3-10(6-11(8)13(14)15)21(18,19)12-9-4-5-20(16,17)7-9/h2-3,6,9,12H,4-5,7H2,1H3/t9-/m0/s1. The molecular formula is C11H14N2O6S2. The van der Waals surface area contributed by atoms with Crippen LogP contribution in [0.2, 0.25) is 0 Å². The Morgan fingerprint density at radius 2 is 2.05 bits per heavy atom. The van der Waals surface area contributed by atoms with Gasteiger partial charge in [-0.3, -0.25) is 10.1 Å². The summed E-state index contributed by atoms with van der Waals surface area (Å²) in [6, 6.07) is 2.88. The number of benzene rings is 1. The van der Waals surface area contributed by atoms with Crippen LogP contribution in [0.5, 0.6) is 0 Å². The van der Waals surface area contributed by atoms with E-state index in [4.69, 9.17) is 0 Å². The van der Waals surface area contributed by atoms with Gasteiger partial charge in [-0.25, -0.2) is 21.6 Å². The number of nitro benzene ring substituents is 1. The summed E-state index contributed by atoms with van der Waals surface area (Å²) in [6.07, 6.45) is 0.204. The largest absolute Gasteiger partial charge is 0.273 e. The van der Waals surface area contributed by atoms with Crippen molar-refractivity contribution >= 4 is 25.5 Å².